The Labute approximate surface area is 125 Å². The Balaban J connectivity index is 2.54. The van der Waals surface area contributed by atoms with Gasteiger partial charge in [0.15, 0.2) is 0 Å². The predicted molar refractivity (Wildman–Crippen MR) is 75.2 cm³/mol. The molecular weight excluding hydrogens is 353 g/mol. The smallest absolute Gasteiger partial charge is 0.305 e. The number of nitrogens with one attached hydrogen (secondary N) is 1. The molecular formula is C12H15BrFNO4S. The van der Waals surface area contributed by atoms with Crippen molar-refractivity contribution in [2.75, 3.05) is 13.7 Å². The highest BCUT2D eigenvalue weighted by molar-refractivity contribution is 9.10. The number of hydrogen-bond donors (Lipinski definition) is 1. The molecule has 1 aromatic carbocycles. The molecule has 112 valence electrons. The molecule has 1 rings (SSSR count). The van der Waals surface area contributed by atoms with Crippen LogP contribution in [0.4, 0.5) is 4.39 Å². The SMILES string of the molecule is COC(=O)CCCCNS(=O)(=O)c1cc(Br)ccc1F. The van der Waals surface area contributed by atoms with Gasteiger partial charge in [-0.25, -0.2) is 17.5 Å². The first kappa shape index (κ1) is 17.1. The second kappa shape index (κ2) is 7.70. The van der Waals surface area contributed by atoms with Crippen molar-refractivity contribution in [3.8, 4) is 0 Å². The van der Waals surface area contributed by atoms with Crippen molar-refractivity contribution in [1.82, 2.24) is 4.72 Å². The zero-order valence-corrected chi connectivity index (χ0v) is 13.3. The first-order valence-corrected chi connectivity index (χ1v) is 8.16. The lowest BCUT2D eigenvalue weighted by Crippen LogP contribution is -2.25. The van der Waals surface area contributed by atoms with Crippen molar-refractivity contribution in [3.05, 3.63) is 28.5 Å². The van der Waals surface area contributed by atoms with Crippen LogP contribution in [0.3, 0.4) is 0 Å². The van der Waals surface area contributed by atoms with Crippen LogP contribution in [0, 0.1) is 5.82 Å². The zero-order chi connectivity index (χ0) is 15.2. The summed E-state index contributed by atoms with van der Waals surface area (Å²) in [5, 5.41) is 0. The molecule has 20 heavy (non-hydrogen) atoms. The third-order valence-corrected chi connectivity index (χ3v) is 4.48. The van der Waals surface area contributed by atoms with Gasteiger partial charge in [0.05, 0.1) is 7.11 Å². The Morgan fingerprint density at radius 3 is 2.75 bits per heavy atom. The molecule has 0 aliphatic heterocycles. The first-order chi connectivity index (χ1) is 9.36. The molecule has 0 aliphatic carbocycles. The van der Waals surface area contributed by atoms with Gasteiger partial charge in [0.25, 0.3) is 0 Å². The molecule has 0 heterocycles. The minimum atomic E-state index is -3.89. The predicted octanol–water partition coefficient (Wildman–Crippen LogP) is 2.21. The molecule has 0 aliphatic rings. The number of carbonyl (C=O) groups excluding carboxylic acids is 1. The normalized spacial score (nSPS) is 11.3. The average Bonchev–Trinajstić information content (AvgIpc) is 2.40. The molecule has 0 unspecified atom stereocenters. The number of carbonyl (C=O) groups is 1. The van der Waals surface area contributed by atoms with Crippen molar-refractivity contribution in [3.63, 3.8) is 0 Å². The third-order valence-electron chi connectivity index (χ3n) is 2.51. The Morgan fingerprint density at radius 1 is 1.40 bits per heavy atom. The van der Waals surface area contributed by atoms with Crippen molar-refractivity contribution in [2.24, 2.45) is 0 Å². The van der Waals surface area contributed by atoms with Gasteiger partial charge in [0, 0.05) is 17.4 Å². The minimum Gasteiger partial charge on any atom is -0.469 e. The summed E-state index contributed by atoms with van der Waals surface area (Å²) in [6.07, 6.45) is 1.18. The van der Waals surface area contributed by atoms with E-state index in [4.69, 9.17) is 0 Å². The molecule has 1 N–H and O–H groups in total. The fourth-order valence-corrected chi connectivity index (χ4v) is 3.15. The number of esters is 1. The van der Waals surface area contributed by atoms with Crippen molar-refractivity contribution in [2.45, 2.75) is 24.2 Å². The maximum Gasteiger partial charge on any atom is 0.305 e. The van der Waals surface area contributed by atoms with E-state index in [9.17, 15) is 17.6 Å². The topological polar surface area (TPSA) is 72.5 Å². The van der Waals surface area contributed by atoms with Crippen LogP contribution in [0.25, 0.3) is 0 Å². The lowest BCUT2D eigenvalue weighted by atomic mass is 10.2. The highest BCUT2D eigenvalue weighted by Crippen LogP contribution is 2.19. The van der Waals surface area contributed by atoms with Crippen LogP contribution in [0.5, 0.6) is 0 Å². The van der Waals surface area contributed by atoms with Crippen LogP contribution in [0.2, 0.25) is 0 Å². The van der Waals surface area contributed by atoms with Crippen molar-refractivity contribution in [1.29, 1.82) is 0 Å². The number of benzene rings is 1. The lowest BCUT2D eigenvalue weighted by Gasteiger charge is -2.08. The monoisotopic (exact) mass is 367 g/mol. The van der Waals surface area contributed by atoms with E-state index in [1.54, 1.807) is 0 Å². The van der Waals surface area contributed by atoms with Gasteiger partial charge in [-0.1, -0.05) is 15.9 Å². The quantitative estimate of drug-likeness (QED) is 0.592. The number of halogens is 2. The van der Waals surface area contributed by atoms with Gasteiger partial charge in [-0.3, -0.25) is 4.79 Å². The van der Waals surface area contributed by atoms with Crippen molar-refractivity contribution < 1.29 is 22.3 Å². The van der Waals surface area contributed by atoms with Crippen LogP contribution in [0.15, 0.2) is 27.6 Å². The molecule has 0 fully saturated rings. The first-order valence-electron chi connectivity index (χ1n) is 5.88. The molecule has 1 aromatic rings. The summed E-state index contributed by atoms with van der Waals surface area (Å²) in [5.74, 6) is -1.15. The highest BCUT2D eigenvalue weighted by Gasteiger charge is 2.18. The van der Waals surface area contributed by atoms with Gasteiger partial charge >= 0.3 is 5.97 Å². The van der Waals surface area contributed by atoms with Crippen LogP contribution in [-0.4, -0.2) is 28.0 Å². The fourth-order valence-electron chi connectivity index (χ4n) is 1.46. The summed E-state index contributed by atoms with van der Waals surface area (Å²) in [6.45, 7) is 0.130. The van der Waals surface area contributed by atoms with E-state index >= 15 is 0 Å². The number of methoxy groups -OCH3 is 1. The van der Waals surface area contributed by atoms with Gasteiger partial charge in [-0.15, -0.1) is 0 Å². The van der Waals surface area contributed by atoms with E-state index in [0.29, 0.717) is 17.3 Å². The lowest BCUT2D eigenvalue weighted by molar-refractivity contribution is -0.140. The number of rotatable bonds is 7. The summed E-state index contributed by atoms with van der Waals surface area (Å²) in [4.78, 5) is 10.5. The average molecular weight is 368 g/mol. The van der Waals surface area contributed by atoms with Crippen LogP contribution in [0.1, 0.15) is 19.3 Å². The largest absolute Gasteiger partial charge is 0.469 e. The molecule has 0 saturated heterocycles. The van der Waals surface area contributed by atoms with Crippen LogP contribution < -0.4 is 4.72 Å². The van der Waals surface area contributed by atoms with E-state index in [-0.39, 0.29) is 18.9 Å². The van der Waals surface area contributed by atoms with Gasteiger partial charge in [-0.05, 0) is 31.0 Å². The molecule has 0 amide bonds. The standard InChI is InChI=1S/C12H15BrFNO4S/c1-19-12(16)4-2-3-7-15-20(17,18)11-8-9(13)5-6-10(11)14/h5-6,8,15H,2-4,7H2,1H3. The fraction of sp³-hybridized carbons (Fsp3) is 0.417. The molecule has 0 radical (unpaired) electrons. The molecule has 8 heteroatoms. The second-order valence-electron chi connectivity index (χ2n) is 4.01. The maximum atomic E-state index is 13.5. The van der Waals surface area contributed by atoms with E-state index in [2.05, 4.69) is 25.4 Å². The van der Waals surface area contributed by atoms with E-state index in [1.807, 2.05) is 0 Å². The Kier molecular flexibility index (Phi) is 6.57. The van der Waals surface area contributed by atoms with E-state index in [0.717, 1.165) is 6.07 Å². The van der Waals surface area contributed by atoms with Gasteiger partial charge in [0.1, 0.15) is 10.7 Å². The molecule has 0 spiro atoms. The van der Waals surface area contributed by atoms with Crippen LogP contribution >= 0.6 is 15.9 Å². The molecule has 0 atom stereocenters. The number of hydrogen-bond acceptors (Lipinski definition) is 4. The maximum absolute atomic E-state index is 13.5. The second-order valence-corrected chi connectivity index (χ2v) is 6.66. The number of sulfonamides is 1. The number of ether oxygens (including phenoxy) is 1. The van der Waals surface area contributed by atoms with Crippen molar-refractivity contribution >= 4 is 31.9 Å². The third kappa shape index (κ3) is 5.18. The van der Waals surface area contributed by atoms with Gasteiger partial charge in [-0.2, -0.15) is 0 Å². The highest BCUT2D eigenvalue weighted by atomic mass is 79.9. The number of unbranched alkanes of at least 4 members (excludes halogenated alkanes) is 1. The van der Waals surface area contributed by atoms with E-state index in [1.165, 1.54) is 19.2 Å². The summed E-state index contributed by atoms with van der Waals surface area (Å²) in [5.41, 5.74) is 0. The Hall–Kier alpha value is -0.990. The summed E-state index contributed by atoms with van der Waals surface area (Å²) in [6, 6.07) is 3.70. The van der Waals surface area contributed by atoms with Gasteiger partial charge < -0.3 is 4.74 Å². The summed E-state index contributed by atoms with van der Waals surface area (Å²) >= 11 is 3.10. The molecule has 0 saturated carbocycles. The van der Waals surface area contributed by atoms with Crippen LogP contribution in [-0.2, 0) is 19.6 Å². The molecule has 5 nitrogen and oxygen atoms in total. The summed E-state index contributed by atoms with van der Waals surface area (Å²) < 4.78 is 44.5. The van der Waals surface area contributed by atoms with Gasteiger partial charge in [0.2, 0.25) is 10.0 Å². The Bertz CT molecular complexity index is 577. The summed E-state index contributed by atoms with van der Waals surface area (Å²) in [7, 11) is -2.60. The zero-order valence-electron chi connectivity index (χ0n) is 10.9. The van der Waals surface area contributed by atoms with E-state index < -0.39 is 20.7 Å². The Morgan fingerprint density at radius 2 is 2.10 bits per heavy atom. The molecule has 0 aromatic heterocycles. The minimum absolute atomic E-state index is 0.130. The molecule has 0 bridgehead atoms.